The van der Waals surface area contributed by atoms with Crippen molar-refractivity contribution < 1.29 is 4.79 Å². The van der Waals surface area contributed by atoms with Crippen molar-refractivity contribution in [1.82, 2.24) is 10.2 Å². The topological polar surface area (TPSA) is 32.3 Å². The standard InChI is InChI=1S/C9H16N2O/c1-2-7-5-8-6-10-3-4-11(8)9(7)12/h7-8,10H,2-6H2,1H3. The Kier molecular flexibility index (Phi) is 2.05. The fourth-order valence-electron chi connectivity index (χ4n) is 2.27. The van der Waals surface area contributed by atoms with Crippen LogP contribution in [-0.4, -0.2) is 36.5 Å². The van der Waals surface area contributed by atoms with Crippen LogP contribution in [-0.2, 0) is 4.79 Å². The molecule has 0 aromatic carbocycles. The van der Waals surface area contributed by atoms with Crippen molar-refractivity contribution in [2.24, 2.45) is 5.92 Å². The van der Waals surface area contributed by atoms with Gasteiger partial charge in [-0.1, -0.05) is 6.92 Å². The van der Waals surface area contributed by atoms with Gasteiger partial charge < -0.3 is 10.2 Å². The van der Waals surface area contributed by atoms with Gasteiger partial charge in [-0.3, -0.25) is 4.79 Å². The first kappa shape index (κ1) is 8.05. The van der Waals surface area contributed by atoms with Crippen LogP contribution in [0.2, 0.25) is 0 Å². The minimum absolute atomic E-state index is 0.315. The second kappa shape index (κ2) is 3.05. The summed E-state index contributed by atoms with van der Waals surface area (Å²) in [6, 6.07) is 0.496. The van der Waals surface area contributed by atoms with Crippen LogP contribution in [0.1, 0.15) is 19.8 Å². The number of hydrogen-bond acceptors (Lipinski definition) is 2. The Hall–Kier alpha value is -0.570. The number of fused-ring (bicyclic) bond motifs is 1. The minimum atomic E-state index is 0.315. The molecule has 0 bridgehead atoms. The summed E-state index contributed by atoms with van der Waals surface area (Å²) in [4.78, 5) is 13.7. The molecule has 0 aromatic heterocycles. The van der Waals surface area contributed by atoms with Gasteiger partial charge in [0, 0.05) is 31.6 Å². The Morgan fingerprint density at radius 3 is 3.17 bits per heavy atom. The van der Waals surface area contributed by atoms with E-state index in [1.54, 1.807) is 0 Å². The maximum absolute atomic E-state index is 11.7. The van der Waals surface area contributed by atoms with E-state index in [-0.39, 0.29) is 0 Å². The van der Waals surface area contributed by atoms with Crippen molar-refractivity contribution in [3.8, 4) is 0 Å². The molecule has 3 heteroatoms. The summed E-state index contributed by atoms with van der Waals surface area (Å²) in [5.41, 5.74) is 0. The van der Waals surface area contributed by atoms with Crippen LogP contribution in [0.4, 0.5) is 0 Å². The molecule has 0 spiro atoms. The molecule has 2 atom stereocenters. The summed E-state index contributed by atoms with van der Waals surface area (Å²) in [5.74, 6) is 0.707. The van der Waals surface area contributed by atoms with Crippen LogP contribution in [0, 0.1) is 5.92 Å². The molecule has 1 amide bonds. The van der Waals surface area contributed by atoms with Gasteiger partial charge in [0.25, 0.3) is 0 Å². The zero-order valence-electron chi connectivity index (χ0n) is 7.55. The second-order valence-corrected chi connectivity index (χ2v) is 3.73. The summed E-state index contributed by atoms with van der Waals surface area (Å²) in [6.45, 7) is 5.00. The van der Waals surface area contributed by atoms with Gasteiger partial charge in [-0.05, 0) is 12.8 Å². The van der Waals surface area contributed by atoms with Crippen molar-refractivity contribution in [1.29, 1.82) is 0 Å². The van der Waals surface area contributed by atoms with Gasteiger partial charge in [0.1, 0.15) is 0 Å². The van der Waals surface area contributed by atoms with E-state index in [2.05, 4.69) is 17.1 Å². The molecule has 2 unspecified atom stereocenters. The summed E-state index contributed by atoms with van der Waals surface area (Å²) >= 11 is 0. The van der Waals surface area contributed by atoms with E-state index in [9.17, 15) is 4.79 Å². The molecule has 0 radical (unpaired) electrons. The molecule has 0 aliphatic carbocycles. The maximum Gasteiger partial charge on any atom is 0.226 e. The quantitative estimate of drug-likeness (QED) is 0.607. The molecule has 0 aromatic rings. The maximum atomic E-state index is 11.7. The molecule has 1 N–H and O–H groups in total. The summed E-state index contributed by atoms with van der Waals surface area (Å²) in [6.07, 6.45) is 2.08. The lowest BCUT2D eigenvalue weighted by Crippen LogP contribution is -2.49. The monoisotopic (exact) mass is 168 g/mol. The van der Waals surface area contributed by atoms with Crippen molar-refractivity contribution in [3.63, 3.8) is 0 Å². The fourth-order valence-corrected chi connectivity index (χ4v) is 2.27. The first-order valence-electron chi connectivity index (χ1n) is 4.84. The fraction of sp³-hybridized carbons (Fsp3) is 0.889. The Morgan fingerprint density at radius 1 is 1.67 bits per heavy atom. The Balaban J connectivity index is 2.08. The van der Waals surface area contributed by atoms with Gasteiger partial charge in [0.15, 0.2) is 0 Å². The number of carbonyl (C=O) groups excluding carboxylic acids is 1. The first-order chi connectivity index (χ1) is 5.83. The molecule has 2 saturated heterocycles. The van der Waals surface area contributed by atoms with E-state index in [4.69, 9.17) is 0 Å². The number of nitrogens with zero attached hydrogens (tertiary/aromatic N) is 1. The van der Waals surface area contributed by atoms with E-state index in [1.165, 1.54) is 0 Å². The summed E-state index contributed by atoms with van der Waals surface area (Å²) in [7, 11) is 0. The number of piperazine rings is 1. The van der Waals surface area contributed by atoms with E-state index < -0.39 is 0 Å². The number of carbonyl (C=O) groups is 1. The third-order valence-electron chi connectivity index (χ3n) is 3.03. The lowest BCUT2D eigenvalue weighted by atomic mass is 10.0. The largest absolute Gasteiger partial charge is 0.337 e. The molecule has 2 heterocycles. The van der Waals surface area contributed by atoms with Gasteiger partial charge in [0.05, 0.1) is 0 Å². The molecule has 0 saturated carbocycles. The van der Waals surface area contributed by atoms with Crippen molar-refractivity contribution in [3.05, 3.63) is 0 Å². The van der Waals surface area contributed by atoms with Gasteiger partial charge >= 0.3 is 0 Å². The highest BCUT2D eigenvalue weighted by Gasteiger charge is 2.38. The Bertz CT molecular complexity index is 193. The van der Waals surface area contributed by atoms with Crippen molar-refractivity contribution >= 4 is 5.91 Å². The van der Waals surface area contributed by atoms with Crippen molar-refractivity contribution in [2.75, 3.05) is 19.6 Å². The van der Waals surface area contributed by atoms with Gasteiger partial charge in [-0.25, -0.2) is 0 Å². The highest BCUT2D eigenvalue weighted by Crippen LogP contribution is 2.27. The average Bonchev–Trinajstić information content (AvgIpc) is 2.44. The summed E-state index contributed by atoms with van der Waals surface area (Å²) in [5, 5.41) is 3.33. The molecule has 2 rings (SSSR count). The minimum Gasteiger partial charge on any atom is -0.337 e. The molecular formula is C9H16N2O. The molecule has 2 aliphatic rings. The van der Waals surface area contributed by atoms with Crippen LogP contribution < -0.4 is 5.32 Å². The van der Waals surface area contributed by atoms with E-state index >= 15 is 0 Å². The molecule has 2 aliphatic heterocycles. The number of amides is 1. The highest BCUT2D eigenvalue weighted by atomic mass is 16.2. The zero-order valence-corrected chi connectivity index (χ0v) is 7.55. The van der Waals surface area contributed by atoms with Crippen LogP contribution in [0.25, 0.3) is 0 Å². The number of nitrogens with one attached hydrogen (secondary N) is 1. The highest BCUT2D eigenvalue weighted by molar-refractivity contribution is 5.81. The SMILES string of the molecule is CCC1CC2CNCCN2C1=O. The number of rotatable bonds is 1. The molecule has 2 fully saturated rings. The lowest BCUT2D eigenvalue weighted by Gasteiger charge is -2.30. The zero-order chi connectivity index (χ0) is 8.55. The third-order valence-corrected chi connectivity index (χ3v) is 3.03. The molecule has 3 nitrogen and oxygen atoms in total. The van der Waals surface area contributed by atoms with Crippen LogP contribution in [0.15, 0.2) is 0 Å². The Labute approximate surface area is 73.1 Å². The first-order valence-corrected chi connectivity index (χ1v) is 4.84. The molecule has 68 valence electrons. The van der Waals surface area contributed by atoms with Gasteiger partial charge in [-0.2, -0.15) is 0 Å². The van der Waals surface area contributed by atoms with Crippen LogP contribution in [0.3, 0.4) is 0 Å². The van der Waals surface area contributed by atoms with Crippen LogP contribution in [0.5, 0.6) is 0 Å². The van der Waals surface area contributed by atoms with Gasteiger partial charge in [0.2, 0.25) is 5.91 Å². The normalized spacial score (nSPS) is 35.4. The molecular weight excluding hydrogens is 152 g/mol. The van der Waals surface area contributed by atoms with Gasteiger partial charge in [-0.15, -0.1) is 0 Å². The molecule has 12 heavy (non-hydrogen) atoms. The smallest absolute Gasteiger partial charge is 0.226 e. The Morgan fingerprint density at radius 2 is 2.50 bits per heavy atom. The van der Waals surface area contributed by atoms with E-state index in [1.807, 2.05) is 0 Å². The summed E-state index contributed by atoms with van der Waals surface area (Å²) < 4.78 is 0. The predicted octanol–water partition coefficient (Wildman–Crippen LogP) is 0.217. The van der Waals surface area contributed by atoms with E-state index in [0.29, 0.717) is 17.9 Å². The van der Waals surface area contributed by atoms with Crippen molar-refractivity contribution in [2.45, 2.75) is 25.8 Å². The van der Waals surface area contributed by atoms with Crippen LogP contribution >= 0.6 is 0 Å². The second-order valence-electron chi connectivity index (χ2n) is 3.73. The number of hydrogen-bond donors (Lipinski definition) is 1. The third kappa shape index (κ3) is 1.12. The van der Waals surface area contributed by atoms with E-state index in [0.717, 1.165) is 32.5 Å². The average molecular weight is 168 g/mol. The lowest BCUT2D eigenvalue weighted by molar-refractivity contribution is -0.132. The predicted molar refractivity (Wildman–Crippen MR) is 46.8 cm³/mol.